The summed E-state index contributed by atoms with van der Waals surface area (Å²) in [4.78, 5) is 17.6. The van der Waals surface area contributed by atoms with Gasteiger partial charge in [-0.25, -0.2) is 0 Å². The van der Waals surface area contributed by atoms with Crippen LogP contribution in [0.3, 0.4) is 0 Å². The molecule has 0 saturated heterocycles. The van der Waals surface area contributed by atoms with Crippen molar-refractivity contribution in [2.24, 2.45) is 0 Å². The summed E-state index contributed by atoms with van der Waals surface area (Å²) in [6, 6.07) is 21.8. The molecule has 0 aliphatic heterocycles. The average molecular weight is 507 g/mol. The van der Waals surface area contributed by atoms with E-state index in [4.69, 9.17) is 0 Å². The Bertz CT molecular complexity index is 1120. The molecule has 0 N–H and O–H groups in total. The lowest BCUT2D eigenvalue weighted by molar-refractivity contribution is -0.887. The van der Waals surface area contributed by atoms with E-state index in [2.05, 4.69) is 113 Å². The van der Waals surface area contributed by atoms with Crippen LogP contribution in [0.2, 0.25) is 0 Å². The lowest BCUT2D eigenvalue weighted by atomic mass is 9.96. The predicted octanol–water partition coefficient (Wildman–Crippen LogP) is 6.42. The van der Waals surface area contributed by atoms with Crippen LogP contribution in [0.1, 0.15) is 44.7 Å². The molecule has 0 atom stereocenters. The third kappa shape index (κ3) is 7.04. The zero-order chi connectivity index (χ0) is 26.1. The van der Waals surface area contributed by atoms with Gasteiger partial charge in [0, 0.05) is 49.3 Å². The van der Waals surface area contributed by atoms with Crippen LogP contribution in [0, 0.1) is 0 Å². The molecule has 0 aliphatic carbocycles. The highest BCUT2D eigenvalue weighted by molar-refractivity contribution is 7.80. The second-order valence-electron chi connectivity index (χ2n) is 10.2. The number of benzene rings is 3. The summed E-state index contributed by atoms with van der Waals surface area (Å²) < 4.78 is 0.899. The fourth-order valence-corrected chi connectivity index (χ4v) is 5.57. The molecule has 0 unspecified atom stereocenters. The lowest BCUT2D eigenvalue weighted by Crippen LogP contribution is -2.42. The molecule has 36 heavy (non-hydrogen) atoms. The van der Waals surface area contributed by atoms with Gasteiger partial charge in [-0.1, -0.05) is 42.5 Å². The number of fused-ring (bicyclic) bond motifs is 1. The van der Waals surface area contributed by atoms with Crippen LogP contribution in [0.25, 0.3) is 10.8 Å². The van der Waals surface area contributed by atoms with Gasteiger partial charge < -0.3 is 14.3 Å². The molecule has 0 aliphatic rings. The quantitative estimate of drug-likeness (QED) is 0.214. The second kappa shape index (κ2) is 13.2. The zero-order valence-electron chi connectivity index (χ0n) is 22.8. The SMILES string of the molecule is CCN(CC)c1ccc(Cc2ccc(N(CC)C(=O)CCC[N+](C)(C)CCS)c3ccccc23)cc1. The number of quaternary nitrogens is 1. The summed E-state index contributed by atoms with van der Waals surface area (Å²) in [5.41, 5.74) is 4.88. The van der Waals surface area contributed by atoms with E-state index in [0.29, 0.717) is 13.0 Å². The van der Waals surface area contributed by atoms with Gasteiger partial charge in [-0.15, -0.1) is 0 Å². The minimum absolute atomic E-state index is 0.202. The molecule has 0 bridgehead atoms. The van der Waals surface area contributed by atoms with Crippen molar-refractivity contribution in [3.63, 3.8) is 0 Å². The number of amides is 1. The normalized spacial score (nSPS) is 11.6. The van der Waals surface area contributed by atoms with E-state index in [-0.39, 0.29) is 5.91 Å². The topological polar surface area (TPSA) is 23.6 Å². The van der Waals surface area contributed by atoms with Crippen LogP contribution in [0.5, 0.6) is 0 Å². The number of carbonyl (C=O) groups excluding carboxylic acids is 1. The fraction of sp³-hybridized carbons (Fsp3) is 0.452. The molecule has 0 radical (unpaired) electrons. The minimum Gasteiger partial charge on any atom is -0.372 e. The van der Waals surface area contributed by atoms with Gasteiger partial charge in [0.2, 0.25) is 5.91 Å². The Morgan fingerprint density at radius 3 is 2.11 bits per heavy atom. The lowest BCUT2D eigenvalue weighted by Gasteiger charge is -2.29. The number of thiol groups is 1. The van der Waals surface area contributed by atoms with E-state index in [1.165, 1.54) is 22.2 Å². The first kappa shape index (κ1) is 28.1. The molecular weight excluding hydrogens is 462 g/mol. The highest BCUT2D eigenvalue weighted by Gasteiger charge is 2.20. The van der Waals surface area contributed by atoms with E-state index < -0.39 is 0 Å². The number of anilines is 2. The Morgan fingerprint density at radius 2 is 1.50 bits per heavy atom. The van der Waals surface area contributed by atoms with Crippen molar-refractivity contribution in [1.82, 2.24) is 0 Å². The summed E-state index contributed by atoms with van der Waals surface area (Å²) in [6.45, 7) is 11.2. The minimum atomic E-state index is 0.202. The van der Waals surface area contributed by atoms with E-state index >= 15 is 0 Å². The van der Waals surface area contributed by atoms with Crippen molar-refractivity contribution in [2.45, 2.75) is 40.0 Å². The molecule has 0 spiro atoms. The van der Waals surface area contributed by atoms with Crippen LogP contribution in [0.15, 0.2) is 60.7 Å². The Balaban J connectivity index is 1.81. The second-order valence-corrected chi connectivity index (χ2v) is 10.6. The fourth-order valence-electron chi connectivity index (χ4n) is 5.03. The van der Waals surface area contributed by atoms with Crippen LogP contribution in [0.4, 0.5) is 11.4 Å². The van der Waals surface area contributed by atoms with Gasteiger partial charge in [0.1, 0.15) is 0 Å². The summed E-state index contributed by atoms with van der Waals surface area (Å²) >= 11 is 4.37. The van der Waals surface area contributed by atoms with Crippen LogP contribution in [-0.4, -0.2) is 63.0 Å². The Kier molecular flexibility index (Phi) is 10.3. The molecule has 3 rings (SSSR count). The van der Waals surface area contributed by atoms with E-state index in [1.54, 1.807) is 0 Å². The van der Waals surface area contributed by atoms with Gasteiger partial charge in [-0.2, -0.15) is 12.6 Å². The van der Waals surface area contributed by atoms with Crippen molar-refractivity contribution in [3.05, 3.63) is 71.8 Å². The summed E-state index contributed by atoms with van der Waals surface area (Å²) in [5.74, 6) is 1.06. The van der Waals surface area contributed by atoms with Gasteiger partial charge in [0.05, 0.1) is 32.9 Å². The third-order valence-corrected chi connectivity index (χ3v) is 7.42. The Morgan fingerprint density at radius 1 is 0.833 bits per heavy atom. The molecule has 194 valence electrons. The highest BCUT2D eigenvalue weighted by Crippen LogP contribution is 2.31. The van der Waals surface area contributed by atoms with E-state index in [0.717, 1.165) is 60.3 Å². The number of hydrogen-bond donors (Lipinski definition) is 1. The zero-order valence-corrected chi connectivity index (χ0v) is 23.7. The first-order valence-corrected chi connectivity index (χ1v) is 14.0. The van der Waals surface area contributed by atoms with Crippen molar-refractivity contribution < 1.29 is 9.28 Å². The molecular formula is C31H44N3OS+. The third-order valence-electron chi connectivity index (χ3n) is 7.22. The number of nitrogens with zero attached hydrogens (tertiary/aromatic N) is 3. The van der Waals surface area contributed by atoms with Crippen molar-refractivity contribution >= 4 is 40.7 Å². The Hall–Kier alpha value is -2.50. The van der Waals surface area contributed by atoms with Crippen LogP contribution >= 0.6 is 12.6 Å². The molecule has 3 aromatic carbocycles. The standard InChI is InChI=1S/C31H43N3OS/c1-6-32(7-2)27-18-15-25(16-19-27)24-26-17-20-30(29-13-10-9-12-28(26)29)33(8-3)31(35)14-11-21-34(4,5)22-23-36/h9-10,12-13,15-20H,6-8,11,14,21-24H2,1-5H3/p+1. The van der Waals surface area contributed by atoms with Crippen LogP contribution in [-0.2, 0) is 11.2 Å². The summed E-state index contributed by atoms with van der Waals surface area (Å²) in [7, 11) is 4.42. The molecule has 0 saturated carbocycles. The van der Waals surface area contributed by atoms with Crippen molar-refractivity contribution in [3.8, 4) is 0 Å². The van der Waals surface area contributed by atoms with Crippen molar-refractivity contribution in [1.29, 1.82) is 0 Å². The highest BCUT2D eigenvalue weighted by atomic mass is 32.1. The molecule has 4 nitrogen and oxygen atoms in total. The van der Waals surface area contributed by atoms with Gasteiger partial charge in [-0.3, -0.25) is 4.79 Å². The molecule has 0 fully saturated rings. The molecule has 0 aromatic heterocycles. The molecule has 1 amide bonds. The molecule has 5 heteroatoms. The largest absolute Gasteiger partial charge is 0.372 e. The Labute approximate surface area is 223 Å². The van der Waals surface area contributed by atoms with Gasteiger partial charge in [-0.05, 0) is 61.9 Å². The average Bonchev–Trinajstić information content (AvgIpc) is 2.87. The first-order chi connectivity index (χ1) is 17.3. The summed E-state index contributed by atoms with van der Waals surface area (Å²) in [5, 5.41) is 2.37. The molecule has 0 heterocycles. The van der Waals surface area contributed by atoms with Gasteiger partial charge in [0.25, 0.3) is 0 Å². The smallest absolute Gasteiger partial charge is 0.227 e. The maximum atomic E-state index is 13.3. The maximum absolute atomic E-state index is 13.3. The number of carbonyl (C=O) groups is 1. The number of rotatable bonds is 13. The van der Waals surface area contributed by atoms with Gasteiger partial charge >= 0.3 is 0 Å². The first-order valence-electron chi connectivity index (χ1n) is 13.4. The van der Waals surface area contributed by atoms with E-state index in [9.17, 15) is 4.79 Å². The monoisotopic (exact) mass is 506 g/mol. The maximum Gasteiger partial charge on any atom is 0.227 e. The molecule has 3 aromatic rings. The van der Waals surface area contributed by atoms with E-state index in [1.807, 2.05) is 4.90 Å². The number of hydrogen-bond acceptors (Lipinski definition) is 3. The summed E-state index contributed by atoms with van der Waals surface area (Å²) in [6.07, 6.45) is 2.32. The van der Waals surface area contributed by atoms with Crippen LogP contribution < -0.4 is 9.80 Å². The van der Waals surface area contributed by atoms with Gasteiger partial charge in [0.15, 0.2) is 0 Å². The van der Waals surface area contributed by atoms with Crippen molar-refractivity contribution in [2.75, 3.05) is 62.4 Å². The predicted molar refractivity (Wildman–Crippen MR) is 160 cm³/mol.